The zero-order valence-corrected chi connectivity index (χ0v) is 11.6. The molecule has 1 heterocycles. The minimum atomic E-state index is -0.319. The molecule has 1 unspecified atom stereocenters. The minimum absolute atomic E-state index is 0.123. The summed E-state index contributed by atoms with van der Waals surface area (Å²) in [6, 6.07) is 3.56. The summed E-state index contributed by atoms with van der Waals surface area (Å²) in [6.45, 7) is 5.34. The lowest BCUT2D eigenvalue weighted by atomic mass is 10.1. The third kappa shape index (κ3) is 4.35. The van der Waals surface area contributed by atoms with Gasteiger partial charge >= 0.3 is 0 Å². The summed E-state index contributed by atoms with van der Waals surface area (Å²) >= 11 is 0. The Bertz CT molecular complexity index is 335. The Morgan fingerprint density at radius 1 is 1.33 bits per heavy atom. The molecule has 0 fully saturated rings. The normalized spacial score (nSPS) is 13.3. The standard InChI is InChI=1S/C14H24FN3/c1-4-12(5-2)18(3)9-8-13(16)14-7-6-11(15)10-17-14/h6-7,10,12-13H,4-5,8-9,16H2,1-3H3. The first-order valence-corrected chi connectivity index (χ1v) is 6.65. The van der Waals surface area contributed by atoms with Gasteiger partial charge in [-0.2, -0.15) is 0 Å². The number of halogens is 1. The first-order valence-electron chi connectivity index (χ1n) is 6.65. The van der Waals surface area contributed by atoms with E-state index in [2.05, 4.69) is 30.8 Å². The van der Waals surface area contributed by atoms with Crippen LogP contribution in [0.25, 0.3) is 0 Å². The van der Waals surface area contributed by atoms with Crippen molar-refractivity contribution in [3.63, 3.8) is 0 Å². The van der Waals surface area contributed by atoms with E-state index in [1.165, 1.54) is 12.3 Å². The van der Waals surface area contributed by atoms with Gasteiger partial charge in [0.05, 0.1) is 11.9 Å². The Morgan fingerprint density at radius 3 is 2.50 bits per heavy atom. The summed E-state index contributed by atoms with van der Waals surface area (Å²) in [5.74, 6) is -0.319. The van der Waals surface area contributed by atoms with Crippen LogP contribution in [0, 0.1) is 5.82 Å². The van der Waals surface area contributed by atoms with Gasteiger partial charge in [-0.1, -0.05) is 13.8 Å². The van der Waals surface area contributed by atoms with Crippen molar-refractivity contribution in [2.75, 3.05) is 13.6 Å². The second-order valence-corrected chi connectivity index (χ2v) is 4.75. The first-order chi connectivity index (χ1) is 8.58. The van der Waals surface area contributed by atoms with E-state index in [4.69, 9.17) is 5.73 Å². The summed E-state index contributed by atoms with van der Waals surface area (Å²) in [5.41, 5.74) is 6.82. The van der Waals surface area contributed by atoms with Gasteiger partial charge in [-0.25, -0.2) is 4.39 Å². The molecular weight excluding hydrogens is 229 g/mol. The lowest BCUT2D eigenvalue weighted by molar-refractivity contribution is 0.221. The van der Waals surface area contributed by atoms with E-state index in [-0.39, 0.29) is 11.9 Å². The predicted molar refractivity (Wildman–Crippen MR) is 72.7 cm³/mol. The fourth-order valence-electron chi connectivity index (χ4n) is 2.19. The Labute approximate surface area is 109 Å². The Hall–Kier alpha value is -1.00. The molecule has 0 saturated heterocycles. The van der Waals surface area contributed by atoms with Gasteiger partial charge in [0, 0.05) is 12.1 Å². The number of aromatic nitrogens is 1. The molecule has 2 N–H and O–H groups in total. The van der Waals surface area contributed by atoms with Gasteiger partial charge in [0.25, 0.3) is 0 Å². The Morgan fingerprint density at radius 2 is 2.00 bits per heavy atom. The number of hydrogen-bond acceptors (Lipinski definition) is 3. The molecular formula is C14H24FN3. The summed E-state index contributed by atoms with van der Waals surface area (Å²) < 4.78 is 12.8. The van der Waals surface area contributed by atoms with E-state index in [1.807, 2.05) is 0 Å². The maximum atomic E-state index is 12.8. The summed E-state index contributed by atoms with van der Waals surface area (Å²) in [7, 11) is 2.13. The molecule has 0 aliphatic heterocycles. The van der Waals surface area contributed by atoms with Crippen LogP contribution in [-0.2, 0) is 0 Å². The molecule has 102 valence electrons. The highest BCUT2D eigenvalue weighted by molar-refractivity contribution is 5.09. The smallest absolute Gasteiger partial charge is 0.141 e. The van der Waals surface area contributed by atoms with Crippen LogP contribution in [0.1, 0.15) is 44.8 Å². The minimum Gasteiger partial charge on any atom is -0.323 e. The van der Waals surface area contributed by atoms with Crippen molar-refractivity contribution in [3.05, 3.63) is 29.8 Å². The van der Waals surface area contributed by atoms with Crippen LogP contribution >= 0.6 is 0 Å². The van der Waals surface area contributed by atoms with Crippen molar-refractivity contribution in [1.29, 1.82) is 0 Å². The molecule has 18 heavy (non-hydrogen) atoms. The van der Waals surface area contributed by atoms with Crippen molar-refractivity contribution in [1.82, 2.24) is 9.88 Å². The van der Waals surface area contributed by atoms with E-state index < -0.39 is 0 Å². The van der Waals surface area contributed by atoms with Crippen molar-refractivity contribution >= 4 is 0 Å². The van der Waals surface area contributed by atoms with Crippen LogP contribution in [0.3, 0.4) is 0 Å². The highest BCUT2D eigenvalue weighted by Gasteiger charge is 2.13. The van der Waals surface area contributed by atoms with Crippen LogP contribution in [-0.4, -0.2) is 29.5 Å². The van der Waals surface area contributed by atoms with E-state index in [9.17, 15) is 4.39 Å². The van der Waals surface area contributed by atoms with Gasteiger partial charge in [-0.3, -0.25) is 4.98 Å². The second kappa shape index (κ2) is 7.44. The van der Waals surface area contributed by atoms with Gasteiger partial charge in [-0.15, -0.1) is 0 Å². The molecule has 3 nitrogen and oxygen atoms in total. The van der Waals surface area contributed by atoms with Crippen LogP contribution in [0.15, 0.2) is 18.3 Å². The van der Waals surface area contributed by atoms with E-state index in [0.29, 0.717) is 6.04 Å². The summed E-state index contributed by atoms with van der Waals surface area (Å²) in [6.07, 6.45) is 4.36. The number of hydrogen-bond donors (Lipinski definition) is 1. The zero-order chi connectivity index (χ0) is 13.5. The molecule has 1 atom stereocenters. The van der Waals surface area contributed by atoms with Gasteiger partial charge in [0.15, 0.2) is 0 Å². The van der Waals surface area contributed by atoms with Crippen LogP contribution in [0.2, 0.25) is 0 Å². The molecule has 0 radical (unpaired) electrons. The third-order valence-corrected chi connectivity index (χ3v) is 3.49. The maximum absolute atomic E-state index is 12.8. The topological polar surface area (TPSA) is 42.1 Å². The lowest BCUT2D eigenvalue weighted by Gasteiger charge is -2.27. The predicted octanol–water partition coefficient (Wildman–Crippen LogP) is 2.73. The fourth-order valence-corrected chi connectivity index (χ4v) is 2.19. The largest absolute Gasteiger partial charge is 0.323 e. The zero-order valence-electron chi connectivity index (χ0n) is 11.6. The highest BCUT2D eigenvalue weighted by atomic mass is 19.1. The quantitative estimate of drug-likeness (QED) is 0.812. The van der Waals surface area contributed by atoms with Gasteiger partial charge < -0.3 is 10.6 Å². The number of rotatable bonds is 7. The number of nitrogens with two attached hydrogens (primary N) is 1. The Balaban J connectivity index is 2.45. The highest BCUT2D eigenvalue weighted by Crippen LogP contribution is 2.14. The first kappa shape index (κ1) is 15.1. The molecule has 0 aliphatic rings. The molecule has 1 aromatic heterocycles. The van der Waals surface area contributed by atoms with E-state index >= 15 is 0 Å². The molecule has 0 saturated carbocycles. The molecule has 4 heteroatoms. The molecule has 0 bridgehead atoms. The van der Waals surface area contributed by atoms with E-state index in [1.54, 1.807) is 6.07 Å². The number of nitrogens with zero attached hydrogens (tertiary/aromatic N) is 2. The molecule has 1 rings (SSSR count). The Kier molecular flexibility index (Phi) is 6.22. The molecule has 0 aliphatic carbocycles. The van der Waals surface area contributed by atoms with Crippen LogP contribution < -0.4 is 5.73 Å². The van der Waals surface area contributed by atoms with Gasteiger partial charge in [0.1, 0.15) is 5.82 Å². The van der Waals surface area contributed by atoms with Gasteiger partial charge in [0.2, 0.25) is 0 Å². The summed E-state index contributed by atoms with van der Waals surface area (Å²) in [4.78, 5) is 6.36. The molecule has 1 aromatic rings. The molecule has 0 aromatic carbocycles. The lowest BCUT2D eigenvalue weighted by Crippen LogP contribution is -2.33. The van der Waals surface area contributed by atoms with E-state index in [0.717, 1.165) is 31.5 Å². The second-order valence-electron chi connectivity index (χ2n) is 4.75. The average molecular weight is 253 g/mol. The van der Waals surface area contributed by atoms with Gasteiger partial charge in [-0.05, 0) is 45.0 Å². The van der Waals surface area contributed by atoms with Crippen molar-refractivity contribution < 1.29 is 4.39 Å². The van der Waals surface area contributed by atoms with Crippen LogP contribution in [0.4, 0.5) is 4.39 Å². The fraction of sp³-hybridized carbons (Fsp3) is 0.643. The van der Waals surface area contributed by atoms with Crippen LogP contribution in [0.5, 0.6) is 0 Å². The van der Waals surface area contributed by atoms with Crippen molar-refractivity contribution in [2.24, 2.45) is 5.73 Å². The average Bonchev–Trinajstić information content (AvgIpc) is 2.38. The monoisotopic (exact) mass is 253 g/mol. The molecule has 0 spiro atoms. The molecule has 0 amide bonds. The number of pyridine rings is 1. The third-order valence-electron chi connectivity index (χ3n) is 3.49. The SMILES string of the molecule is CCC(CC)N(C)CCC(N)c1ccc(F)cn1. The van der Waals surface area contributed by atoms with Crippen molar-refractivity contribution in [3.8, 4) is 0 Å². The summed E-state index contributed by atoms with van der Waals surface area (Å²) in [5, 5.41) is 0. The maximum Gasteiger partial charge on any atom is 0.141 e. The van der Waals surface area contributed by atoms with Crippen molar-refractivity contribution in [2.45, 2.75) is 45.2 Å².